The fourth-order valence-electron chi connectivity index (χ4n) is 4.32. The van der Waals surface area contributed by atoms with Gasteiger partial charge in [-0.3, -0.25) is 4.79 Å². The largest absolute Gasteiger partial charge is 0.352 e. The Morgan fingerprint density at radius 2 is 1.72 bits per heavy atom. The highest BCUT2D eigenvalue weighted by molar-refractivity contribution is 5.96. The molecule has 0 unspecified atom stereocenters. The summed E-state index contributed by atoms with van der Waals surface area (Å²) in [6, 6.07) is 20.3. The number of fused-ring (bicyclic) bond motifs is 3. The van der Waals surface area contributed by atoms with Crippen molar-refractivity contribution >= 4 is 11.7 Å². The molecule has 1 aliphatic carbocycles. The molecule has 0 atom stereocenters. The number of pyridine rings is 1. The minimum Gasteiger partial charge on any atom is -0.352 e. The van der Waals surface area contributed by atoms with Crippen LogP contribution in [0.2, 0.25) is 0 Å². The highest BCUT2D eigenvalue weighted by Crippen LogP contribution is 2.36. The predicted molar refractivity (Wildman–Crippen MR) is 112 cm³/mol. The second-order valence-electron chi connectivity index (χ2n) is 7.47. The van der Waals surface area contributed by atoms with E-state index in [1.165, 1.54) is 22.3 Å². The summed E-state index contributed by atoms with van der Waals surface area (Å²) in [7, 11) is 0. The van der Waals surface area contributed by atoms with E-state index in [0.29, 0.717) is 37.6 Å². The Balaban J connectivity index is 1.31. The number of hydrogen-bond acceptors (Lipinski definition) is 4. The maximum absolute atomic E-state index is 13.1. The van der Waals surface area contributed by atoms with E-state index < -0.39 is 0 Å². The molecule has 29 heavy (non-hydrogen) atoms. The Hall–Kier alpha value is -3.65. The normalized spacial score (nSPS) is 14.9. The van der Waals surface area contributed by atoms with Crippen LogP contribution in [0.1, 0.15) is 27.0 Å². The Morgan fingerprint density at radius 3 is 2.55 bits per heavy atom. The molecule has 1 aliphatic heterocycles. The zero-order valence-electron chi connectivity index (χ0n) is 16.0. The average molecular weight is 380 g/mol. The number of benzene rings is 2. The summed E-state index contributed by atoms with van der Waals surface area (Å²) in [5.74, 6) is 0.780. The molecule has 142 valence electrons. The lowest BCUT2D eigenvalue weighted by Gasteiger charge is -2.35. The van der Waals surface area contributed by atoms with Gasteiger partial charge in [-0.25, -0.2) is 4.98 Å². The SMILES string of the molecule is N#Cc1cccnc1N1CCN(C(=O)c2ccc3c(c2)Cc2ccccc2-3)CC1. The van der Waals surface area contributed by atoms with Gasteiger partial charge in [0.05, 0.1) is 5.56 Å². The van der Waals surface area contributed by atoms with Gasteiger partial charge in [-0.15, -0.1) is 0 Å². The van der Waals surface area contributed by atoms with E-state index in [-0.39, 0.29) is 5.91 Å². The molecule has 2 heterocycles. The summed E-state index contributed by atoms with van der Waals surface area (Å²) in [6.45, 7) is 2.59. The number of nitrogens with zero attached hydrogens (tertiary/aromatic N) is 4. The van der Waals surface area contributed by atoms with Gasteiger partial charge in [-0.1, -0.05) is 30.3 Å². The molecule has 0 spiro atoms. The number of amides is 1. The molecule has 2 aliphatic rings. The average Bonchev–Trinajstić information content (AvgIpc) is 3.16. The van der Waals surface area contributed by atoms with Crippen LogP contribution in [0.25, 0.3) is 11.1 Å². The Morgan fingerprint density at radius 1 is 0.931 bits per heavy atom. The molecular formula is C24H20N4O. The van der Waals surface area contributed by atoms with Gasteiger partial charge >= 0.3 is 0 Å². The molecule has 1 fully saturated rings. The number of carbonyl (C=O) groups is 1. The van der Waals surface area contributed by atoms with Gasteiger partial charge < -0.3 is 9.80 Å². The van der Waals surface area contributed by atoms with Crippen LogP contribution in [0.5, 0.6) is 0 Å². The number of rotatable bonds is 2. The third-order valence-electron chi connectivity index (χ3n) is 5.81. The van der Waals surface area contributed by atoms with Gasteiger partial charge in [0.1, 0.15) is 11.9 Å². The third-order valence-corrected chi connectivity index (χ3v) is 5.81. The molecule has 0 radical (unpaired) electrons. The fraction of sp³-hybridized carbons (Fsp3) is 0.208. The van der Waals surface area contributed by atoms with Crippen LogP contribution >= 0.6 is 0 Å². The van der Waals surface area contributed by atoms with Gasteiger partial charge in [0.2, 0.25) is 0 Å². The van der Waals surface area contributed by atoms with Crippen molar-refractivity contribution in [3.63, 3.8) is 0 Å². The van der Waals surface area contributed by atoms with Gasteiger partial charge in [0.15, 0.2) is 0 Å². The molecule has 0 bridgehead atoms. The zero-order valence-corrected chi connectivity index (χ0v) is 16.0. The smallest absolute Gasteiger partial charge is 0.253 e. The Bertz CT molecular complexity index is 1140. The Kier molecular flexibility index (Phi) is 4.25. The fourth-order valence-corrected chi connectivity index (χ4v) is 4.32. The molecule has 1 amide bonds. The first kappa shape index (κ1) is 17.4. The second kappa shape index (κ2) is 7.06. The number of hydrogen-bond donors (Lipinski definition) is 0. The molecule has 1 saturated heterocycles. The lowest BCUT2D eigenvalue weighted by Crippen LogP contribution is -2.49. The summed E-state index contributed by atoms with van der Waals surface area (Å²) in [6.07, 6.45) is 2.59. The van der Waals surface area contributed by atoms with Crippen LogP contribution in [0, 0.1) is 11.3 Å². The molecule has 5 heteroatoms. The molecular weight excluding hydrogens is 360 g/mol. The Labute approximate surface area is 169 Å². The first-order valence-electron chi connectivity index (χ1n) is 9.85. The van der Waals surface area contributed by atoms with Gasteiger partial charge in [-0.05, 0) is 52.9 Å². The zero-order chi connectivity index (χ0) is 19.8. The van der Waals surface area contributed by atoms with E-state index in [2.05, 4.69) is 52.4 Å². The standard InChI is InChI=1S/C24H20N4O/c25-16-19-5-3-9-26-23(19)27-10-12-28(13-11-27)24(29)18-7-8-22-20(15-18)14-17-4-1-2-6-21(17)22/h1-9,15H,10-14H2. The summed E-state index contributed by atoms with van der Waals surface area (Å²) < 4.78 is 0. The van der Waals surface area contributed by atoms with Crippen LogP contribution in [-0.2, 0) is 6.42 Å². The van der Waals surface area contributed by atoms with Crippen molar-refractivity contribution in [2.75, 3.05) is 31.1 Å². The van der Waals surface area contributed by atoms with Crippen molar-refractivity contribution < 1.29 is 4.79 Å². The summed E-state index contributed by atoms with van der Waals surface area (Å²) in [5.41, 5.74) is 6.39. The molecule has 3 aromatic rings. The third kappa shape index (κ3) is 3.03. The highest BCUT2D eigenvalue weighted by Gasteiger charge is 2.25. The maximum atomic E-state index is 13.1. The van der Waals surface area contributed by atoms with Crippen molar-refractivity contribution in [2.45, 2.75) is 6.42 Å². The van der Waals surface area contributed by atoms with Crippen molar-refractivity contribution in [1.29, 1.82) is 5.26 Å². The maximum Gasteiger partial charge on any atom is 0.253 e. The first-order valence-corrected chi connectivity index (χ1v) is 9.85. The predicted octanol–water partition coefficient (Wildman–Crippen LogP) is 3.49. The number of aromatic nitrogens is 1. The van der Waals surface area contributed by atoms with E-state index in [1.807, 2.05) is 11.0 Å². The lowest BCUT2D eigenvalue weighted by atomic mass is 10.0. The molecule has 1 aromatic heterocycles. The molecule has 0 saturated carbocycles. The summed E-state index contributed by atoms with van der Waals surface area (Å²) >= 11 is 0. The topological polar surface area (TPSA) is 60.2 Å². The molecule has 5 nitrogen and oxygen atoms in total. The number of anilines is 1. The summed E-state index contributed by atoms with van der Waals surface area (Å²) in [4.78, 5) is 21.4. The van der Waals surface area contributed by atoms with Gasteiger partial charge in [0, 0.05) is 37.9 Å². The minimum atomic E-state index is 0.0740. The summed E-state index contributed by atoms with van der Waals surface area (Å²) in [5, 5.41) is 9.30. The van der Waals surface area contributed by atoms with E-state index in [1.54, 1.807) is 18.3 Å². The second-order valence-corrected chi connectivity index (χ2v) is 7.47. The van der Waals surface area contributed by atoms with Crippen molar-refractivity contribution in [1.82, 2.24) is 9.88 Å². The van der Waals surface area contributed by atoms with E-state index in [4.69, 9.17) is 0 Å². The first-order chi connectivity index (χ1) is 14.2. The number of nitriles is 1. The van der Waals surface area contributed by atoms with Crippen molar-refractivity contribution in [3.05, 3.63) is 83.0 Å². The van der Waals surface area contributed by atoms with E-state index >= 15 is 0 Å². The minimum absolute atomic E-state index is 0.0740. The van der Waals surface area contributed by atoms with Crippen LogP contribution in [0.4, 0.5) is 5.82 Å². The number of carbonyl (C=O) groups excluding carboxylic acids is 1. The van der Waals surface area contributed by atoms with E-state index in [0.717, 1.165) is 12.0 Å². The molecule has 2 aromatic carbocycles. The number of piperazine rings is 1. The van der Waals surface area contributed by atoms with Gasteiger partial charge in [-0.2, -0.15) is 5.26 Å². The monoisotopic (exact) mass is 380 g/mol. The van der Waals surface area contributed by atoms with Crippen molar-refractivity contribution in [3.8, 4) is 17.2 Å². The van der Waals surface area contributed by atoms with Gasteiger partial charge in [0.25, 0.3) is 5.91 Å². The quantitative estimate of drug-likeness (QED) is 0.534. The lowest BCUT2D eigenvalue weighted by molar-refractivity contribution is 0.0746. The van der Waals surface area contributed by atoms with Crippen LogP contribution < -0.4 is 4.90 Å². The molecule has 5 rings (SSSR count). The molecule has 0 N–H and O–H groups in total. The van der Waals surface area contributed by atoms with E-state index in [9.17, 15) is 10.1 Å². The van der Waals surface area contributed by atoms with Crippen LogP contribution in [-0.4, -0.2) is 42.0 Å². The van der Waals surface area contributed by atoms with Crippen LogP contribution in [0.3, 0.4) is 0 Å². The van der Waals surface area contributed by atoms with Crippen LogP contribution in [0.15, 0.2) is 60.8 Å². The highest BCUT2D eigenvalue weighted by atomic mass is 16.2. The van der Waals surface area contributed by atoms with Crippen molar-refractivity contribution in [2.24, 2.45) is 0 Å².